The summed E-state index contributed by atoms with van der Waals surface area (Å²) < 4.78 is 26.4. The third kappa shape index (κ3) is 4.98. The normalized spacial score (nSPS) is 14.0. The molecule has 5 rings (SSSR count). The number of carbonyl (C=O) groups excluding carboxylic acids is 1. The van der Waals surface area contributed by atoms with Gasteiger partial charge in [-0.3, -0.25) is 0 Å². The van der Waals surface area contributed by atoms with Crippen molar-refractivity contribution in [1.82, 2.24) is 29.6 Å². The van der Waals surface area contributed by atoms with Crippen LogP contribution in [-0.2, 0) is 4.74 Å². The monoisotopic (exact) mass is 503 g/mol. The maximum atomic E-state index is 14.6. The Morgan fingerprint density at radius 1 is 1.03 bits per heavy atom. The van der Waals surface area contributed by atoms with Crippen molar-refractivity contribution in [3.8, 4) is 34.2 Å². The summed E-state index contributed by atoms with van der Waals surface area (Å²) in [5.74, 6) is 0.752. The van der Waals surface area contributed by atoms with E-state index in [9.17, 15) is 9.18 Å². The molecule has 4 heterocycles. The molecule has 0 N–H and O–H groups in total. The molecule has 37 heavy (non-hydrogen) atoms. The van der Waals surface area contributed by atoms with Gasteiger partial charge >= 0.3 is 5.97 Å². The largest absolute Gasteiger partial charge is 0.496 e. The van der Waals surface area contributed by atoms with Crippen molar-refractivity contribution in [2.75, 3.05) is 52.3 Å². The Labute approximate surface area is 213 Å². The van der Waals surface area contributed by atoms with E-state index < -0.39 is 11.8 Å². The van der Waals surface area contributed by atoms with Crippen LogP contribution in [-0.4, -0.2) is 83.0 Å². The van der Waals surface area contributed by atoms with Gasteiger partial charge in [0, 0.05) is 44.1 Å². The molecule has 0 amide bonds. The lowest BCUT2D eigenvalue weighted by atomic mass is 10.1. The van der Waals surface area contributed by atoms with E-state index in [1.165, 1.54) is 20.3 Å². The molecule has 1 aliphatic rings. The van der Waals surface area contributed by atoms with Gasteiger partial charge in [0.2, 0.25) is 0 Å². The summed E-state index contributed by atoms with van der Waals surface area (Å²) in [6, 6.07) is 9.65. The molecular formula is C26H26FN7O3. The molecule has 10 nitrogen and oxygen atoms in total. The Balaban J connectivity index is 1.50. The summed E-state index contributed by atoms with van der Waals surface area (Å²) in [4.78, 5) is 30.4. The molecule has 0 unspecified atom stereocenters. The summed E-state index contributed by atoms with van der Waals surface area (Å²) in [5.41, 5.74) is 1.79. The van der Waals surface area contributed by atoms with E-state index in [2.05, 4.69) is 31.9 Å². The quantitative estimate of drug-likeness (QED) is 0.368. The van der Waals surface area contributed by atoms with Gasteiger partial charge in [0.25, 0.3) is 0 Å². The zero-order valence-corrected chi connectivity index (χ0v) is 20.8. The van der Waals surface area contributed by atoms with Crippen molar-refractivity contribution in [2.24, 2.45) is 0 Å². The van der Waals surface area contributed by atoms with Gasteiger partial charge in [-0.05, 0) is 37.4 Å². The van der Waals surface area contributed by atoms with Crippen LogP contribution in [0.5, 0.6) is 5.75 Å². The third-order valence-corrected chi connectivity index (χ3v) is 6.23. The Morgan fingerprint density at radius 3 is 2.57 bits per heavy atom. The topological polar surface area (TPSA) is 98.5 Å². The molecule has 0 bridgehead atoms. The number of nitrogens with zero attached hydrogens (tertiary/aromatic N) is 7. The number of carbonyl (C=O) groups is 1. The minimum atomic E-state index is -0.479. The highest BCUT2D eigenvalue weighted by Crippen LogP contribution is 2.31. The SMILES string of the molecule is COC(=O)c1cc(N2CCN(C)CC2)nc(-n2cc(-c3ccnc(-c4c(F)cccc4OC)n3)cn2)c1. The number of pyridine rings is 1. The lowest BCUT2D eigenvalue weighted by molar-refractivity contribution is 0.0600. The maximum absolute atomic E-state index is 14.6. The molecule has 0 spiro atoms. The van der Waals surface area contributed by atoms with Crippen molar-refractivity contribution in [1.29, 1.82) is 0 Å². The van der Waals surface area contributed by atoms with E-state index >= 15 is 0 Å². The van der Waals surface area contributed by atoms with Crippen LogP contribution >= 0.6 is 0 Å². The molecule has 0 aliphatic carbocycles. The molecule has 0 atom stereocenters. The predicted octanol–water partition coefficient (Wildman–Crippen LogP) is 3.08. The van der Waals surface area contributed by atoms with Gasteiger partial charge in [-0.25, -0.2) is 28.8 Å². The number of aromatic nitrogens is 5. The first-order valence-electron chi connectivity index (χ1n) is 11.7. The number of methoxy groups -OCH3 is 2. The predicted molar refractivity (Wildman–Crippen MR) is 135 cm³/mol. The van der Waals surface area contributed by atoms with Crippen LogP contribution in [0.1, 0.15) is 10.4 Å². The molecule has 1 fully saturated rings. The number of hydrogen-bond donors (Lipinski definition) is 0. The van der Waals surface area contributed by atoms with Crippen LogP contribution in [0, 0.1) is 5.82 Å². The van der Waals surface area contributed by atoms with Gasteiger partial charge < -0.3 is 19.3 Å². The van der Waals surface area contributed by atoms with Crippen molar-refractivity contribution in [3.05, 3.63) is 66.4 Å². The van der Waals surface area contributed by atoms with Gasteiger partial charge in [0.15, 0.2) is 11.6 Å². The van der Waals surface area contributed by atoms with E-state index in [1.807, 2.05) is 0 Å². The lowest BCUT2D eigenvalue weighted by Crippen LogP contribution is -2.45. The minimum Gasteiger partial charge on any atom is -0.496 e. The second kappa shape index (κ2) is 10.3. The molecule has 0 radical (unpaired) electrons. The fourth-order valence-electron chi connectivity index (χ4n) is 4.16. The van der Waals surface area contributed by atoms with Crippen LogP contribution in [0.25, 0.3) is 28.5 Å². The second-order valence-corrected chi connectivity index (χ2v) is 8.61. The summed E-state index contributed by atoms with van der Waals surface area (Å²) in [7, 11) is 4.90. The van der Waals surface area contributed by atoms with Crippen molar-refractivity contribution < 1.29 is 18.7 Å². The molecule has 1 aliphatic heterocycles. The molecule has 11 heteroatoms. The average molecular weight is 504 g/mol. The van der Waals surface area contributed by atoms with Crippen molar-refractivity contribution >= 4 is 11.8 Å². The number of anilines is 1. The van der Waals surface area contributed by atoms with Gasteiger partial charge in [-0.2, -0.15) is 5.10 Å². The van der Waals surface area contributed by atoms with E-state index in [-0.39, 0.29) is 11.4 Å². The summed E-state index contributed by atoms with van der Waals surface area (Å²) in [6.45, 7) is 3.38. The summed E-state index contributed by atoms with van der Waals surface area (Å²) >= 11 is 0. The first kappa shape index (κ1) is 24.3. The molecular weight excluding hydrogens is 477 g/mol. The molecule has 1 saturated heterocycles. The maximum Gasteiger partial charge on any atom is 0.338 e. The number of rotatable bonds is 6. The first-order chi connectivity index (χ1) is 18.0. The molecule has 190 valence electrons. The van der Waals surface area contributed by atoms with Crippen LogP contribution in [0.4, 0.5) is 10.2 Å². The Kier molecular flexibility index (Phi) is 6.78. The Morgan fingerprint density at radius 2 is 1.81 bits per heavy atom. The number of halogens is 1. The average Bonchev–Trinajstić information content (AvgIpc) is 3.43. The van der Waals surface area contributed by atoms with Gasteiger partial charge in [0.1, 0.15) is 17.4 Å². The fraction of sp³-hybridized carbons (Fsp3) is 0.269. The highest BCUT2D eigenvalue weighted by molar-refractivity contribution is 5.90. The van der Waals surface area contributed by atoms with Crippen molar-refractivity contribution in [2.45, 2.75) is 0 Å². The first-order valence-corrected chi connectivity index (χ1v) is 11.7. The smallest absolute Gasteiger partial charge is 0.338 e. The number of hydrogen-bond acceptors (Lipinski definition) is 9. The second-order valence-electron chi connectivity index (χ2n) is 8.61. The van der Waals surface area contributed by atoms with Gasteiger partial charge in [0.05, 0.1) is 37.2 Å². The lowest BCUT2D eigenvalue weighted by Gasteiger charge is -2.33. The number of likely N-dealkylation sites (N-methyl/N-ethyl adjacent to an activating group) is 1. The van der Waals surface area contributed by atoms with Crippen LogP contribution in [0.2, 0.25) is 0 Å². The zero-order valence-electron chi connectivity index (χ0n) is 20.8. The minimum absolute atomic E-state index is 0.184. The third-order valence-electron chi connectivity index (χ3n) is 6.23. The van der Waals surface area contributed by atoms with Gasteiger partial charge in [-0.1, -0.05) is 6.07 Å². The Hall–Kier alpha value is -4.38. The highest BCUT2D eigenvalue weighted by atomic mass is 19.1. The Bertz CT molecular complexity index is 1430. The summed E-state index contributed by atoms with van der Waals surface area (Å²) in [5, 5.41) is 4.46. The van der Waals surface area contributed by atoms with Crippen molar-refractivity contribution in [3.63, 3.8) is 0 Å². The highest BCUT2D eigenvalue weighted by Gasteiger charge is 2.20. The standard InChI is InChI=1S/C26H26FN7O3/c1-32-9-11-33(12-10-32)22-13-17(26(35)37-3)14-23(31-22)34-16-18(15-29-34)20-7-8-28-25(30-20)24-19(27)5-4-6-21(24)36-2/h4-8,13-16H,9-12H2,1-3H3. The summed E-state index contributed by atoms with van der Waals surface area (Å²) in [6.07, 6.45) is 4.94. The number of esters is 1. The zero-order chi connectivity index (χ0) is 25.9. The molecule has 1 aromatic carbocycles. The van der Waals surface area contributed by atoms with Crippen LogP contribution in [0.3, 0.4) is 0 Å². The number of benzene rings is 1. The van der Waals surface area contributed by atoms with Crippen LogP contribution in [0.15, 0.2) is 55.0 Å². The van der Waals surface area contributed by atoms with E-state index in [0.717, 1.165) is 26.2 Å². The van der Waals surface area contributed by atoms with E-state index in [4.69, 9.17) is 14.5 Å². The van der Waals surface area contributed by atoms with Crippen LogP contribution < -0.4 is 9.64 Å². The van der Waals surface area contributed by atoms with Gasteiger partial charge in [-0.15, -0.1) is 0 Å². The fourth-order valence-corrected chi connectivity index (χ4v) is 4.16. The number of ether oxygens (including phenoxy) is 2. The van der Waals surface area contributed by atoms with E-state index in [0.29, 0.717) is 34.2 Å². The molecule has 4 aromatic rings. The molecule has 3 aromatic heterocycles. The number of piperazine rings is 1. The van der Waals surface area contributed by atoms with E-state index in [1.54, 1.807) is 53.6 Å². The molecule has 0 saturated carbocycles.